The van der Waals surface area contributed by atoms with E-state index >= 15 is 0 Å². The lowest BCUT2D eigenvalue weighted by Crippen LogP contribution is -2.43. The van der Waals surface area contributed by atoms with Gasteiger partial charge in [0.1, 0.15) is 0 Å². The summed E-state index contributed by atoms with van der Waals surface area (Å²) in [5, 5.41) is 0.813. The van der Waals surface area contributed by atoms with Crippen LogP contribution in [0.15, 0.2) is 18.2 Å². The molecule has 2 unspecified atom stereocenters. The molecule has 1 fully saturated rings. The van der Waals surface area contributed by atoms with Gasteiger partial charge < -0.3 is 5.73 Å². The van der Waals surface area contributed by atoms with E-state index in [-0.39, 0.29) is 0 Å². The van der Waals surface area contributed by atoms with Crippen LogP contribution in [-0.4, -0.2) is 43.0 Å². The van der Waals surface area contributed by atoms with Crippen LogP contribution in [0.4, 0.5) is 0 Å². The second-order valence-corrected chi connectivity index (χ2v) is 6.16. The molecule has 0 bridgehead atoms. The van der Waals surface area contributed by atoms with E-state index in [4.69, 9.17) is 17.3 Å². The van der Waals surface area contributed by atoms with E-state index in [1.165, 1.54) is 37.1 Å². The van der Waals surface area contributed by atoms with Gasteiger partial charge in [-0.15, -0.1) is 0 Å². The number of nitrogens with zero attached hydrogens (tertiary/aromatic N) is 2. The van der Waals surface area contributed by atoms with Crippen molar-refractivity contribution in [3.05, 3.63) is 34.3 Å². The summed E-state index contributed by atoms with van der Waals surface area (Å²) >= 11 is 6.18. The molecule has 2 N–H and O–H groups in total. The number of benzene rings is 1. The predicted octanol–water partition coefficient (Wildman–Crippen LogP) is 2.42. The molecule has 19 heavy (non-hydrogen) atoms. The molecule has 0 aliphatic carbocycles. The van der Waals surface area contributed by atoms with Gasteiger partial charge >= 0.3 is 0 Å². The molecule has 3 rings (SSSR count). The molecule has 0 amide bonds. The summed E-state index contributed by atoms with van der Waals surface area (Å²) in [4.78, 5) is 4.98. The van der Waals surface area contributed by atoms with Gasteiger partial charge in [-0.1, -0.05) is 17.7 Å². The van der Waals surface area contributed by atoms with Gasteiger partial charge in [0.25, 0.3) is 0 Å². The third kappa shape index (κ3) is 2.40. The maximum atomic E-state index is 6.18. The molecule has 2 aliphatic heterocycles. The van der Waals surface area contributed by atoms with Crippen molar-refractivity contribution < 1.29 is 0 Å². The standard InChI is InChI=1S/C15H22ClN3/c1-18-10-15(19-6-2-3-7-19)12-5-4-11(16)8-13(12)14(18)9-17/h4-5,8,14-15H,2-3,6-7,9-10,17H2,1H3. The fraction of sp³-hybridized carbons (Fsp3) is 0.600. The first kappa shape index (κ1) is 13.4. The fourth-order valence-corrected chi connectivity index (χ4v) is 3.73. The van der Waals surface area contributed by atoms with E-state index in [9.17, 15) is 0 Å². The van der Waals surface area contributed by atoms with E-state index in [0.29, 0.717) is 18.6 Å². The van der Waals surface area contributed by atoms with Gasteiger partial charge in [0, 0.05) is 30.2 Å². The average Bonchev–Trinajstić information content (AvgIpc) is 2.91. The molecule has 0 aromatic heterocycles. The lowest BCUT2D eigenvalue weighted by molar-refractivity contribution is 0.130. The Kier molecular flexibility index (Phi) is 3.81. The molecule has 1 aromatic rings. The van der Waals surface area contributed by atoms with Gasteiger partial charge in [0.2, 0.25) is 0 Å². The first-order valence-electron chi connectivity index (χ1n) is 7.14. The second kappa shape index (κ2) is 5.41. The third-order valence-electron chi connectivity index (χ3n) is 4.56. The van der Waals surface area contributed by atoms with E-state index in [2.05, 4.69) is 29.0 Å². The zero-order chi connectivity index (χ0) is 13.4. The molecule has 0 spiro atoms. The monoisotopic (exact) mass is 279 g/mol. The maximum absolute atomic E-state index is 6.18. The minimum Gasteiger partial charge on any atom is -0.329 e. The number of rotatable bonds is 2. The highest BCUT2D eigenvalue weighted by Gasteiger charge is 2.34. The Balaban J connectivity index is 2.00. The van der Waals surface area contributed by atoms with E-state index in [1.807, 2.05) is 6.07 Å². The second-order valence-electron chi connectivity index (χ2n) is 5.72. The van der Waals surface area contributed by atoms with Gasteiger partial charge in [-0.3, -0.25) is 9.80 Å². The molecule has 2 aliphatic rings. The van der Waals surface area contributed by atoms with Crippen LogP contribution >= 0.6 is 11.6 Å². The highest BCUT2D eigenvalue weighted by molar-refractivity contribution is 6.30. The van der Waals surface area contributed by atoms with Gasteiger partial charge in [0.15, 0.2) is 0 Å². The van der Waals surface area contributed by atoms with E-state index in [1.54, 1.807) is 0 Å². The zero-order valence-electron chi connectivity index (χ0n) is 11.5. The molecule has 0 saturated carbocycles. The number of halogens is 1. The van der Waals surface area contributed by atoms with Crippen LogP contribution in [0.5, 0.6) is 0 Å². The molecule has 104 valence electrons. The number of hydrogen-bond donors (Lipinski definition) is 1. The minimum absolute atomic E-state index is 0.299. The van der Waals surface area contributed by atoms with Crippen molar-refractivity contribution in [3.8, 4) is 0 Å². The van der Waals surface area contributed by atoms with Gasteiger partial charge in [-0.05, 0) is 56.2 Å². The van der Waals surface area contributed by atoms with Gasteiger partial charge in [0.05, 0.1) is 0 Å². The third-order valence-corrected chi connectivity index (χ3v) is 4.80. The summed E-state index contributed by atoms with van der Waals surface area (Å²) in [6, 6.07) is 7.13. The summed E-state index contributed by atoms with van der Waals surface area (Å²) in [6.07, 6.45) is 2.65. The van der Waals surface area contributed by atoms with Crippen LogP contribution in [0, 0.1) is 0 Å². The molecule has 1 saturated heterocycles. The maximum Gasteiger partial charge on any atom is 0.0478 e. The Morgan fingerprint density at radius 3 is 2.68 bits per heavy atom. The Labute approximate surface area is 120 Å². The topological polar surface area (TPSA) is 32.5 Å². The van der Waals surface area contributed by atoms with Crippen molar-refractivity contribution in [3.63, 3.8) is 0 Å². The molecule has 1 aromatic carbocycles. The van der Waals surface area contributed by atoms with E-state index in [0.717, 1.165) is 11.6 Å². The van der Waals surface area contributed by atoms with Crippen LogP contribution in [0.1, 0.15) is 36.1 Å². The number of hydrogen-bond acceptors (Lipinski definition) is 3. The van der Waals surface area contributed by atoms with Crippen LogP contribution < -0.4 is 5.73 Å². The normalized spacial score (nSPS) is 28.6. The largest absolute Gasteiger partial charge is 0.329 e. The van der Waals surface area contributed by atoms with Gasteiger partial charge in [-0.2, -0.15) is 0 Å². The van der Waals surface area contributed by atoms with Crippen LogP contribution in [0.3, 0.4) is 0 Å². The van der Waals surface area contributed by atoms with Crippen molar-refractivity contribution >= 4 is 11.6 Å². The highest BCUT2D eigenvalue weighted by atomic mass is 35.5. The lowest BCUT2D eigenvalue weighted by atomic mass is 9.89. The molecule has 0 radical (unpaired) electrons. The average molecular weight is 280 g/mol. The molecule has 4 heteroatoms. The Hall–Kier alpha value is -0.610. The van der Waals surface area contributed by atoms with Crippen molar-refractivity contribution in [1.82, 2.24) is 9.80 Å². The molecule has 2 heterocycles. The van der Waals surface area contributed by atoms with Crippen molar-refractivity contribution in [2.75, 3.05) is 33.2 Å². The quantitative estimate of drug-likeness (QED) is 0.902. The van der Waals surface area contributed by atoms with Crippen LogP contribution in [0.2, 0.25) is 5.02 Å². The fourth-order valence-electron chi connectivity index (χ4n) is 3.55. The number of likely N-dealkylation sites (tertiary alicyclic amines) is 1. The Morgan fingerprint density at radius 1 is 1.26 bits per heavy atom. The van der Waals surface area contributed by atoms with Crippen molar-refractivity contribution in [2.24, 2.45) is 5.73 Å². The first-order valence-corrected chi connectivity index (χ1v) is 7.52. The highest BCUT2D eigenvalue weighted by Crippen LogP contribution is 2.38. The molecule has 2 atom stereocenters. The van der Waals surface area contributed by atoms with E-state index < -0.39 is 0 Å². The number of nitrogens with two attached hydrogens (primary N) is 1. The summed E-state index contributed by atoms with van der Waals surface area (Å²) in [7, 11) is 2.17. The summed E-state index contributed by atoms with van der Waals surface area (Å²) in [5.74, 6) is 0. The summed E-state index contributed by atoms with van der Waals surface area (Å²) in [6.45, 7) is 4.15. The van der Waals surface area contributed by atoms with Crippen molar-refractivity contribution in [2.45, 2.75) is 24.9 Å². The van der Waals surface area contributed by atoms with Crippen LogP contribution in [0.25, 0.3) is 0 Å². The van der Waals surface area contributed by atoms with Gasteiger partial charge in [-0.25, -0.2) is 0 Å². The van der Waals surface area contributed by atoms with Crippen molar-refractivity contribution in [1.29, 1.82) is 0 Å². The Bertz CT molecular complexity index is 457. The number of likely N-dealkylation sites (N-methyl/N-ethyl adjacent to an activating group) is 1. The SMILES string of the molecule is CN1CC(N2CCCC2)c2ccc(Cl)cc2C1CN. The Morgan fingerprint density at radius 2 is 2.00 bits per heavy atom. The predicted molar refractivity (Wildman–Crippen MR) is 79.4 cm³/mol. The smallest absolute Gasteiger partial charge is 0.0478 e. The molecule has 3 nitrogen and oxygen atoms in total. The first-order chi connectivity index (χ1) is 9.20. The lowest BCUT2D eigenvalue weighted by Gasteiger charge is -2.42. The molecular formula is C15H22ClN3. The summed E-state index contributed by atoms with van der Waals surface area (Å²) < 4.78 is 0. The summed E-state index contributed by atoms with van der Waals surface area (Å²) in [5.41, 5.74) is 8.71. The zero-order valence-corrected chi connectivity index (χ0v) is 12.2. The molecular weight excluding hydrogens is 258 g/mol. The number of fused-ring (bicyclic) bond motifs is 1. The minimum atomic E-state index is 0.299. The van der Waals surface area contributed by atoms with Crippen LogP contribution in [-0.2, 0) is 0 Å².